The molecule has 0 radical (unpaired) electrons. The van der Waals surface area contributed by atoms with Gasteiger partial charge in [0.15, 0.2) is 17.5 Å². The molecule has 7 nitrogen and oxygen atoms in total. The normalized spacial score (nSPS) is 15.9. The number of nitrogens with one attached hydrogen (secondary N) is 2. The Morgan fingerprint density at radius 2 is 2.00 bits per heavy atom. The van der Waals surface area contributed by atoms with Crippen molar-refractivity contribution in [2.45, 2.75) is 45.3 Å². The van der Waals surface area contributed by atoms with Crippen LogP contribution in [0.3, 0.4) is 0 Å². The van der Waals surface area contributed by atoms with Gasteiger partial charge in [0.25, 0.3) is 0 Å². The lowest BCUT2D eigenvalue weighted by molar-refractivity contribution is 0.0962. The van der Waals surface area contributed by atoms with Crippen molar-refractivity contribution in [1.82, 2.24) is 15.5 Å². The molecule has 1 atom stereocenters. The van der Waals surface area contributed by atoms with E-state index in [1.54, 1.807) is 37.1 Å². The molecule has 1 aromatic carbocycles. The van der Waals surface area contributed by atoms with Crippen molar-refractivity contribution in [2.24, 2.45) is 4.99 Å². The van der Waals surface area contributed by atoms with Gasteiger partial charge in [0.1, 0.15) is 6.10 Å². The molecule has 2 rings (SSSR count). The highest BCUT2D eigenvalue weighted by molar-refractivity contribution is 14.0. The minimum absolute atomic E-state index is 0. The van der Waals surface area contributed by atoms with Crippen LogP contribution in [0.15, 0.2) is 29.3 Å². The molecule has 0 spiro atoms. The molecule has 1 aliphatic heterocycles. The maximum Gasteiger partial charge on any atom is 0.409 e. The van der Waals surface area contributed by atoms with Crippen molar-refractivity contribution in [2.75, 3.05) is 33.3 Å². The molecule has 0 aliphatic carbocycles. The lowest BCUT2D eigenvalue weighted by Crippen LogP contribution is -2.51. The third-order valence-electron chi connectivity index (χ3n) is 4.67. The van der Waals surface area contributed by atoms with Crippen LogP contribution in [0.4, 0.5) is 9.18 Å². The second kappa shape index (κ2) is 13.4. The van der Waals surface area contributed by atoms with E-state index in [1.807, 2.05) is 6.92 Å². The number of halogens is 2. The summed E-state index contributed by atoms with van der Waals surface area (Å²) in [6.45, 7) is 6.01. The number of guanidine groups is 1. The van der Waals surface area contributed by atoms with Crippen molar-refractivity contribution >= 4 is 36.0 Å². The van der Waals surface area contributed by atoms with Crippen LogP contribution in [0.2, 0.25) is 0 Å². The Labute approximate surface area is 189 Å². The SMILES string of the molecule is CCOC(=O)N1CCC(NC(=NC)NCC(CC)Oc2ccccc2F)CC1.I. The van der Waals surface area contributed by atoms with Crippen LogP contribution in [0.1, 0.15) is 33.1 Å². The molecular formula is C20H32FIN4O3. The Morgan fingerprint density at radius 3 is 2.59 bits per heavy atom. The highest BCUT2D eigenvalue weighted by Gasteiger charge is 2.24. The number of rotatable bonds is 7. The molecule has 0 bridgehead atoms. The third-order valence-corrected chi connectivity index (χ3v) is 4.67. The van der Waals surface area contributed by atoms with Crippen LogP contribution >= 0.6 is 24.0 Å². The number of aliphatic imine (C=N–C) groups is 1. The molecule has 1 heterocycles. The molecule has 1 unspecified atom stereocenters. The molecule has 0 aromatic heterocycles. The topological polar surface area (TPSA) is 75.2 Å². The molecule has 164 valence electrons. The fourth-order valence-electron chi connectivity index (χ4n) is 3.01. The van der Waals surface area contributed by atoms with Crippen molar-refractivity contribution < 1.29 is 18.7 Å². The highest BCUT2D eigenvalue weighted by atomic mass is 127. The Hall–Kier alpha value is -1.78. The Kier molecular flexibility index (Phi) is 11.7. The predicted octanol–water partition coefficient (Wildman–Crippen LogP) is 3.39. The van der Waals surface area contributed by atoms with E-state index in [-0.39, 0.29) is 53.8 Å². The zero-order chi connectivity index (χ0) is 20.4. The molecule has 2 N–H and O–H groups in total. The third kappa shape index (κ3) is 8.23. The average Bonchev–Trinajstić information content (AvgIpc) is 2.72. The summed E-state index contributed by atoms with van der Waals surface area (Å²) >= 11 is 0. The molecule has 1 fully saturated rings. The summed E-state index contributed by atoms with van der Waals surface area (Å²) in [6, 6.07) is 6.63. The van der Waals surface area contributed by atoms with Crippen molar-refractivity contribution in [3.8, 4) is 5.75 Å². The van der Waals surface area contributed by atoms with Gasteiger partial charge in [-0.3, -0.25) is 4.99 Å². The number of hydrogen-bond donors (Lipinski definition) is 2. The van der Waals surface area contributed by atoms with Gasteiger partial charge in [-0.25, -0.2) is 9.18 Å². The molecule has 1 saturated heterocycles. The van der Waals surface area contributed by atoms with E-state index in [0.29, 0.717) is 32.2 Å². The summed E-state index contributed by atoms with van der Waals surface area (Å²) in [5, 5.41) is 6.63. The van der Waals surface area contributed by atoms with E-state index in [2.05, 4.69) is 15.6 Å². The van der Waals surface area contributed by atoms with E-state index in [4.69, 9.17) is 9.47 Å². The molecule has 0 saturated carbocycles. The number of nitrogens with zero attached hydrogens (tertiary/aromatic N) is 2. The quantitative estimate of drug-likeness (QED) is 0.327. The van der Waals surface area contributed by atoms with Crippen molar-refractivity contribution in [3.63, 3.8) is 0 Å². The van der Waals surface area contributed by atoms with Crippen molar-refractivity contribution in [3.05, 3.63) is 30.1 Å². The fourth-order valence-corrected chi connectivity index (χ4v) is 3.01. The lowest BCUT2D eigenvalue weighted by Gasteiger charge is -2.32. The summed E-state index contributed by atoms with van der Waals surface area (Å²) in [5.74, 6) is 0.562. The van der Waals surface area contributed by atoms with Gasteiger partial charge in [0.05, 0.1) is 13.2 Å². The average molecular weight is 522 g/mol. The van der Waals surface area contributed by atoms with Crippen LogP contribution in [-0.4, -0.2) is 62.4 Å². The standard InChI is InChI=1S/C20H31FN4O3.HI/c1-4-16(28-18-9-7-6-8-17(18)21)14-23-19(22-3)24-15-10-12-25(13-11-15)20(26)27-5-2;/h6-9,15-16H,4-5,10-14H2,1-3H3,(H2,22,23,24);1H. The number of likely N-dealkylation sites (tertiary alicyclic amines) is 1. The second-order valence-electron chi connectivity index (χ2n) is 6.64. The van der Waals surface area contributed by atoms with Gasteiger partial charge in [0.2, 0.25) is 0 Å². The smallest absolute Gasteiger partial charge is 0.409 e. The highest BCUT2D eigenvalue weighted by Crippen LogP contribution is 2.18. The zero-order valence-electron chi connectivity index (χ0n) is 17.3. The predicted molar refractivity (Wildman–Crippen MR) is 123 cm³/mol. The fraction of sp³-hybridized carbons (Fsp3) is 0.600. The molecule has 1 amide bonds. The van der Waals surface area contributed by atoms with Gasteiger partial charge < -0.3 is 25.0 Å². The first-order valence-electron chi connectivity index (χ1n) is 9.87. The number of para-hydroxylation sites is 1. The molecule has 29 heavy (non-hydrogen) atoms. The maximum absolute atomic E-state index is 13.8. The van der Waals surface area contributed by atoms with Gasteiger partial charge in [-0.15, -0.1) is 24.0 Å². The zero-order valence-corrected chi connectivity index (χ0v) is 19.6. The maximum atomic E-state index is 13.8. The number of amides is 1. The Bertz CT molecular complexity index is 654. The second-order valence-corrected chi connectivity index (χ2v) is 6.64. The number of hydrogen-bond acceptors (Lipinski definition) is 4. The van der Waals surface area contributed by atoms with Gasteiger partial charge in [0, 0.05) is 26.2 Å². The summed E-state index contributed by atoms with van der Waals surface area (Å²) in [7, 11) is 1.71. The first-order valence-corrected chi connectivity index (χ1v) is 9.87. The van der Waals surface area contributed by atoms with E-state index >= 15 is 0 Å². The number of carbonyl (C=O) groups excluding carboxylic acids is 1. The summed E-state index contributed by atoms with van der Waals surface area (Å²) in [6.07, 6.45) is 1.95. The van der Waals surface area contributed by atoms with Crippen LogP contribution in [0, 0.1) is 5.82 Å². The minimum Gasteiger partial charge on any atom is -0.486 e. The van der Waals surface area contributed by atoms with Crippen LogP contribution < -0.4 is 15.4 Å². The summed E-state index contributed by atoms with van der Waals surface area (Å²) < 4.78 is 24.6. The number of ether oxygens (including phenoxy) is 2. The molecule has 9 heteroatoms. The number of carbonyl (C=O) groups is 1. The van der Waals surface area contributed by atoms with E-state index in [1.165, 1.54) is 6.07 Å². The van der Waals surface area contributed by atoms with Crippen LogP contribution in [0.5, 0.6) is 5.75 Å². The number of benzene rings is 1. The first kappa shape index (κ1) is 25.3. The van der Waals surface area contributed by atoms with Crippen LogP contribution in [0.25, 0.3) is 0 Å². The van der Waals surface area contributed by atoms with E-state index < -0.39 is 0 Å². The monoisotopic (exact) mass is 522 g/mol. The van der Waals surface area contributed by atoms with Gasteiger partial charge >= 0.3 is 6.09 Å². The molecular weight excluding hydrogens is 490 g/mol. The molecule has 1 aromatic rings. The minimum atomic E-state index is -0.364. The lowest BCUT2D eigenvalue weighted by atomic mass is 10.1. The van der Waals surface area contributed by atoms with Crippen molar-refractivity contribution in [1.29, 1.82) is 0 Å². The van der Waals surface area contributed by atoms with E-state index in [0.717, 1.165) is 19.3 Å². The number of piperidine rings is 1. The van der Waals surface area contributed by atoms with Gasteiger partial charge in [-0.1, -0.05) is 19.1 Å². The van der Waals surface area contributed by atoms with Gasteiger partial charge in [-0.05, 0) is 38.3 Å². The first-order chi connectivity index (χ1) is 13.6. The van der Waals surface area contributed by atoms with Crippen LogP contribution in [-0.2, 0) is 4.74 Å². The summed E-state index contributed by atoms with van der Waals surface area (Å²) in [5.41, 5.74) is 0. The Balaban J connectivity index is 0.00000420. The molecule has 1 aliphatic rings. The largest absolute Gasteiger partial charge is 0.486 e. The summed E-state index contributed by atoms with van der Waals surface area (Å²) in [4.78, 5) is 17.8. The van der Waals surface area contributed by atoms with Gasteiger partial charge in [-0.2, -0.15) is 0 Å². The van der Waals surface area contributed by atoms with E-state index in [9.17, 15) is 9.18 Å². The Morgan fingerprint density at radius 1 is 1.31 bits per heavy atom.